The van der Waals surface area contributed by atoms with Crippen LogP contribution in [0.25, 0.3) is 0 Å². The van der Waals surface area contributed by atoms with Crippen LogP contribution in [0.5, 0.6) is 0 Å². The first-order chi connectivity index (χ1) is 7.11. The van der Waals surface area contributed by atoms with Crippen LogP contribution < -0.4 is 11.1 Å². The largest absolute Gasteiger partial charge is 0.389 e. The summed E-state index contributed by atoms with van der Waals surface area (Å²) >= 11 is 4.86. The van der Waals surface area contributed by atoms with Gasteiger partial charge in [-0.15, -0.1) is 5.10 Å². The Kier molecular flexibility index (Phi) is 4.57. The van der Waals surface area contributed by atoms with Gasteiger partial charge < -0.3 is 11.1 Å². The molecule has 0 aliphatic rings. The summed E-state index contributed by atoms with van der Waals surface area (Å²) < 4.78 is 10.8. The lowest BCUT2D eigenvalue weighted by atomic mass is 10.3. The van der Waals surface area contributed by atoms with E-state index in [2.05, 4.69) is 15.5 Å². The maximum absolute atomic E-state index is 10.8. The molecule has 0 fully saturated rings. The van der Waals surface area contributed by atoms with Crippen molar-refractivity contribution in [2.75, 3.05) is 23.9 Å². The molecule has 1 heterocycles. The first kappa shape index (κ1) is 12.0. The van der Waals surface area contributed by atoms with Crippen molar-refractivity contribution in [1.29, 1.82) is 0 Å². The fourth-order valence-electron chi connectivity index (χ4n) is 0.974. The summed E-state index contributed by atoms with van der Waals surface area (Å²) in [6.45, 7) is 0.553. The zero-order valence-electron chi connectivity index (χ0n) is 8.27. The number of nitrogens with one attached hydrogen (secondary N) is 1. The van der Waals surface area contributed by atoms with Gasteiger partial charge in [-0.3, -0.25) is 4.21 Å². The third-order valence-electron chi connectivity index (χ3n) is 1.67. The first-order valence-electron chi connectivity index (χ1n) is 4.26. The van der Waals surface area contributed by atoms with Gasteiger partial charge in [-0.1, -0.05) is 12.2 Å². The molecular formula is C8H12N4OS2. The second-order valence-corrected chi connectivity index (χ2v) is 4.86. The minimum Gasteiger partial charge on any atom is -0.389 e. The lowest BCUT2D eigenvalue weighted by Crippen LogP contribution is -2.17. The Hall–Kier alpha value is -1.08. The molecule has 0 radical (unpaired) electrons. The summed E-state index contributed by atoms with van der Waals surface area (Å²) in [7, 11) is -0.831. The number of thiocarbonyl (C=S) groups is 1. The fraction of sp³-hybridized carbons (Fsp3) is 0.375. The van der Waals surface area contributed by atoms with Gasteiger partial charge in [0.05, 0.1) is 11.8 Å². The van der Waals surface area contributed by atoms with Gasteiger partial charge in [0.15, 0.2) is 5.82 Å². The average molecular weight is 244 g/mol. The van der Waals surface area contributed by atoms with E-state index in [0.29, 0.717) is 23.7 Å². The molecule has 3 N–H and O–H groups in total. The number of hydrogen-bond donors (Lipinski definition) is 2. The lowest BCUT2D eigenvalue weighted by molar-refractivity contribution is 0.687. The minimum absolute atomic E-state index is 0.269. The van der Waals surface area contributed by atoms with Crippen molar-refractivity contribution in [2.24, 2.45) is 5.73 Å². The minimum atomic E-state index is -0.831. The third-order valence-corrected chi connectivity index (χ3v) is 2.67. The molecule has 0 amide bonds. The molecule has 0 spiro atoms. The molecule has 1 atom stereocenters. The van der Waals surface area contributed by atoms with E-state index in [9.17, 15) is 4.21 Å². The highest BCUT2D eigenvalue weighted by atomic mass is 32.2. The number of anilines is 1. The molecule has 0 saturated heterocycles. The predicted molar refractivity (Wildman–Crippen MR) is 65.3 cm³/mol. The van der Waals surface area contributed by atoms with Crippen molar-refractivity contribution in [3.63, 3.8) is 0 Å². The highest BCUT2D eigenvalue weighted by molar-refractivity contribution is 7.84. The monoisotopic (exact) mass is 244 g/mol. The van der Waals surface area contributed by atoms with E-state index in [1.165, 1.54) is 6.20 Å². The van der Waals surface area contributed by atoms with Gasteiger partial charge in [0.2, 0.25) is 0 Å². The molecule has 0 saturated carbocycles. The van der Waals surface area contributed by atoms with Crippen molar-refractivity contribution in [3.05, 3.63) is 17.8 Å². The molecule has 0 aliphatic heterocycles. The highest BCUT2D eigenvalue weighted by Crippen LogP contribution is 2.08. The fourth-order valence-corrected chi connectivity index (χ4v) is 1.53. The van der Waals surface area contributed by atoms with Gasteiger partial charge >= 0.3 is 0 Å². The molecule has 0 bridgehead atoms. The van der Waals surface area contributed by atoms with Crippen LogP contribution in [0.15, 0.2) is 12.3 Å². The van der Waals surface area contributed by atoms with Crippen LogP contribution in [0.1, 0.15) is 5.56 Å². The van der Waals surface area contributed by atoms with Gasteiger partial charge in [-0.05, 0) is 6.07 Å². The molecule has 1 aromatic heterocycles. The summed E-state index contributed by atoms with van der Waals surface area (Å²) in [4.78, 5) is 0.269. The predicted octanol–water partition coefficient (Wildman–Crippen LogP) is -0.0988. The van der Waals surface area contributed by atoms with Crippen molar-refractivity contribution in [1.82, 2.24) is 10.2 Å². The quantitative estimate of drug-likeness (QED) is 0.704. The Labute approximate surface area is 95.9 Å². The molecule has 0 aromatic carbocycles. The maximum Gasteiger partial charge on any atom is 0.158 e. The summed E-state index contributed by atoms with van der Waals surface area (Å²) in [5.74, 6) is 1.09. The van der Waals surface area contributed by atoms with Crippen LogP contribution in [0.4, 0.5) is 5.82 Å². The molecule has 0 aliphatic carbocycles. The van der Waals surface area contributed by atoms with Crippen molar-refractivity contribution in [2.45, 2.75) is 0 Å². The van der Waals surface area contributed by atoms with Crippen LogP contribution in [-0.2, 0) is 10.8 Å². The van der Waals surface area contributed by atoms with Crippen LogP contribution >= 0.6 is 12.2 Å². The summed E-state index contributed by atoms with van der Waals surface area (Å²) in [5, 5.41) is 10.6. The smallest absolute Gasteiger partial charge is 0.158 e. The Bertz CT molecular complexity index is 383. The molecule has 7 heteroatoms. The van der Waals surface area contributed by atoms with E-state index >= 15 is 0 Å². The van der Waals surface area contributed by atoms with Gasteiger partial charge in [-0.2, -0.15) is 5.10 Å². The summed E-state index contributed by atoms with van der Waals surface area (Å²) in [5.41, 5.74) is 6.16. The zero-order chi connectivity index (χ0) is 11.3. The van der Waals surface area contributed by atoms with Crippen molar-refractivity contribution < 1.29 is 4.21 Å². The Morgan fingerprint density at radius 3 is 3.07 bits per heavy atom. The second kappa shape index (κ2) is 5.72. The third kappa shape index (κ3) is 3.88. The first-order valence-corrected chi connectivity index (χ1v) is 6.40. The topological polar surface area (TPSA) is 80.9 Å². The molecule has 82 valence electrons. The van der Waals surface area contributed by atoms with E-state index in [4.69, 9.17) is 18.0 Å². The van der Waals surface area contributed by atoms with E-state index < -0.39 is 10.8 Å². The summed E-state index contributed by atoms with van der Waals surface area (Å²) in [6, 6.07) is 1.70. The molecule has 15 heavy (non-hydrogen) atoms. The number of rotatable bonds is 5. The van der Waals surface area contributed by atoms with Crippen molar-refractivity contribution >= 4 is 33.8 Å². The van der Waals surface area contributed by atoms with Crippen LogP contribution in [0, 0.1) is 0 Å². The molecule has 5 nitrogen and oxygen atoms in total. The van der Waals surface area contributed by atoms with Gasteiger partial charge in [0.25, 0.3) is 0 Å². The number of nitrogens with two attached hydrogens (primary N) is 1. The van der Waals surface area contributed by atoms with Crippen LogP contribution in [0.2, 0.25) is 0 Å². The number of nitrogens with zero attached hydrogens (tertiary/aromatic N) is 2. The Morgan fingerprint density at radius 2 is 2.47 bits per heavy atom. The van der Waals surface area contributed by atoms with E-state index in [1.54, 1.807) is 12.3 Å². The normalized spacial score (nSPS) is 12.1. The van der Waals surface area contributed by atoms with Crippen LogP contribution in [-0.4, -0.2) is 37.9 Å². The van der Waals surface area contributed by atoms with Gasteiger partial charge in [0.1, 0.15) is 4.99 Å². The lowest BCUT2D eigenvalue weighted by Gasteiger charge is -2.07. The van der Waals surface area contributed by atoms with Gasteiger partial charge in [-0.25, -0.2) is 0 Å². The highest BCUT2D eigenvalue weighted by Gasteiger charge is 2.05. The molecule has 1 rings (SSSR count). The standard InChI is InChI=1S/C8H12N4OS2/c1-15(13)5-4-10-8-6(7(9)14)2-3-11-12-8/h2-3H,4-5H2,1H3,(H2,9,14)(H,10,12). The number of hydrogen-bond acceptors (Lipinski definition) is 5. The molecule has 1 unspecified atom stereocenters. The van der Waals surface area contributed by atoms with Gasteiger partial charge in [0, 0.05) is 29.4 Å². The molecular weight excluding hydrogens is 232 g/mol. The Balaban J connectivity index is 2.67. The van der Waals surface area contributed by atoms with Crippen molar-refractivity contribution in [3.8, 4) is 0 Å². The Morgan fingerprint density at radius 1 is 1.73 bits per heavy atom. The van der Waals surface area contributed by atoms with E-state index in [0.717, 1.165) is 0 Å². The average Bonchev–Trinajstić information content (AvgIpc) is 2.17. The van der Waals surface area contributed by atoms with E-state index in [-0.39, 0.29) is 4.99 Å². The zero-order valence-corrected chi connectivity index (χ0v) is 9.90. The maximum atomic E-state index is 10.8. The second-order valence-electron chi connectivity index (χ2n) is 2.86. The SMILES string of the molecule is CS(=O)CCNc1nnccc1C(N)=S. The summed E-state index contributed by atoms with van der Waals surface area (Å²) in [6.07, 6.45) is 3.17. The number of aromatic nitrogens is 2. The van der Waals surface area contributed by atoms with Crippen LogP contribution in [0.3, 0.4) is 0 Å². The van der Waals surface area contributed by atoms with E-state index in [1.807, 2.05) is 0 Å². The molecule has 1 aromatic rings.